The minimum absolute atomic E-state index is 0.0322. The van der Waals surface area contributed by atoms with Gasteiger partial charge in [-0.3, -0.25) is 4.90 Å². The van der Waals surface area contributed by atoms with E-state index in [4.69, 9.17) is 14.2 Å². The van der Waals surface area contributed by atoms with Crippen molar-refractivity contribution in [2.75, 3.05) is 13.4 Å². The molecular formula is C29H33NO5. The third-order valence-corrected chi connectivity index (χ3v) is 5.45. The van der Waals surface area contributed by atoms with Crippen molar-refractivity contribution in [2.45, 2.75) is 38.3 Å². The fourth-order valence-electron chi connectivity index (χ4n) is 3.60. The van der Waals surface area contributed by atoms with Crippen LogP contribution in [-0.2, 0) is 34.0 Å². The topological polar surface area (TPSA) is 68.2 Å². The Labute approximate surface area is 207 Å². The van der Waals surface area contributed by atoms with Crippen LogP contribution in [0, 0.1) is 0 Å². The SMILES string of the molecule is C=CC[C@H](O)[C@H](COCOCc1ccccc1)N(Cc1ccccc1)C(=O)OCc1ccccc1. The van der Waals surface area contributed by atoms with E-state index in [1.807, 2.05) is 91.0 Å². The molecule has 6 heteroatoms. The van der Waals surface area contributed by atoms with Gasteiger partial charge in [-0.1, -0.05) is 97.1 Å². The van der Waals surface area contributed by atoms with Crippen LogP contribution in [0.15, 0.2) is 104 Å². The maximum Gasteiger partial charge on any atom is 0.410 e. The molecule has 3 aromatic carbocycles. The quantitative estimate of drug-likeness (QED) is 0.194. The van der Waals surface area contributed by atoms with Crippen molar-refractivity contribution in [3.63, 3.8) is 0 Å². The Morgan fingerprint density at radius 3 is 1.94 bits per heavy atom. The summed E-state index contributed by atoms with van der Waals surface area (Å²) in [6.45, 7) is 4.65. The van der Waals surface area contributed by atoms with Crippen molar-refractivity contribution >= 4 is 6.09 Å². The Hall–Kier alpha value is -3.45. The van der Waals surface area contributed by atoms with Crippen molar-refractivity contribution in [1.82, 2.24) is 4.90 Å². The van der Waals surface area contributed by atoms with E-state index in [0.717, 1.165) is 16.7 Å². The van der Waals surface area contributed by atoms with Gasteiger partial charge in [0, 0.05) is 6.54 Å². The average Bonchev–Trinajstić information content (AvgIpc) is 2.90. The lowest BCUT2D eigenvalue weighted by molar-refractivity contribution is -0.0913. The third kappa shape index (κ3) is 9.02. The lowest BCUT2D eigenvalue weighted by Gasteiger charge is -2.34. The number of hydrogen-bond donors (Lipinski definition) is 1. The molecule has 0 fully saturated rings. The number of aliphatic hydroxyl groups is 1. The molecule has 0 radical (unpaired) electrons. The first-order chi connectivity index (χ1) is 17.2. The Morgan fingerprint density at radius 2 is 1.37 bits per heavy atom. The average molecular weight is 476 g/mol. The maximum absolute atomic E-state index is 13.2. The minimum Gasteiger partial charge on any atom is -0.445 e. The normalized spacial score (nSPS) is 12.5. The molecule has 0 unspecified atom stereocenters. The smallest absolute Gasteiger partial charge is 0.410 e. The summed E-state index contributed by atoms with van der Waals surface area (Å²) in [6.07, 6.45) is 0.518. The van der Waals surface area contributed by atoms with Gasteiger partial charge in [0.15, 0.2) is 0 Å². The van der Waals surface area contributed by atoms with E-state index in [2.05, 4.69) is 6.58 Å². The summed E-state index contributed by atoms with van der Waals surface area (Å²) in [5.74, 6) is 0. The van der Waals surface area contributed by atoms with E-state index < -0.39 is 18.2 Å². The molecular weight excluding hydrogens is 442 g/mol. The van der Waals surface area contributed by atoms with Gasteiger partial charge in [-0.15, -0.1) is 6.58 Å². The van der Waals surface area contributed by atoms with Gasteiger partial charge in [0.25, 0.3) is 0 Å². The van der Waals surface area contributed by atoms with E-state index in [0.29, 0.717) is 13.0 Å². The molecule has 0 saturated heterocycles. The standard InChI is InChI=1S/C29H33NO5/c1-2-12-28(31)27(22-34-23-33-20-25-15-8-4-9-16-25)30(19-24-13-6-3-7-14-24)29(32)35-21-26-17-10-5-11-18-26/h2-11,13-18,27-28,31H,1,12,19-23H2/t27-,28-/m0/s1. The highest BCUT2D eigenvalue weighted by molar-refractivity contribution is 5.68. The molecule has 0 aromatic heterocycles. The third-order valence-electron chi connectivity index (χ3n) is 5.45. The highest BCUT2D eigenvalue weighted by Crippen LogP contribution is 2.17. The van der Waals surface area contributed by atoms with Crippen LogP contribution in [0.4, 0.5) is 4.79 Å². The number of aliphatic hydroxyl groups excluding tert-OH is 1. The molecule has 0 bridgehead atoms. The molecule has 35 heavy (non-hydrogen) atoms. The van der Waals surface area contributed by atoms with Gasteiger partial charge in [0.2, 0.25) is 0 Å². The van der Waals surface area contributed by atoms with Crippen LogP contribution in [0.3, 0.4) is 0 Å². The summed E-state index contributed by atoms with van der Waals surface area (Å²) in [6, 6.07) is 28.2. The number of carbonyl (C=O) groups excluding carboxylic acids is 1. The van der Waals surface area contributed by atoms with Gasteiger partial charge in [0.05, 0.1) is 25.4 Å². The molecule has 3 aromatic rings. The van der Waals surface area contributed by atoms with E-state index in [1.54, 1.807) is 6.08 Å². The van der Waals surface area contributed by atoms with Crippen LogP contribution in [0.25, 0.3) is 0 Å². The number of carbonyl (C=O) groups is 1. The molecule has 184 valence electrons. The van der Waals surface area contributed by atoms with Crippen molar-refractivity contribution in [3.05, 3.63) is 120 Å². The fourth-order valence-corrected chi connectivity index (χ4v) is 3.60. The van der Waals surface area contributed by atoms with Crippen molar-refractivity contribution in [3.8, 4) is 0 Å². The number of benzene rings is 3. The zero-order chi connectivity index (χ0) is 24.7. The van der Waals surface area contributed by atoms with E-state index >= 15 is 0 Å². The Kier molecular flexibility index (Phi) is 11.0. The molecule has 1 amide bonds. The lowest BCUT2D eigenvalue weighted by atomic mass is 10.1. The summed E-state index contributed by atoms with van der Waals surface area (Å²) in [4.78, 5) is 14.7. The zero-order valence-corrected chi connectivity index (χ0v) is 19.9. The Bertz CT molecular complexity index is 997. The maximum atomic E-state index is 13.2. The second kappa shape index (κ2) is 14.7. The van der Waals surface area contributed by atoms with Crippen LogP contribution in [0.1, 0.15) is 23.1 Å². The zero-order valence-electron chi connectivity index (χ0n) is 19.9. The molecule has 0 aliphatic rings. The highest BCUT2D eigenvalue weighted by Gasteiger charge is 2.31. The van der Waals surface area contributed by atoms with Gasteiger partial charge in [-0.25, -0.2) is 4.79 Å². The first kappa shape index (κ1) is 26.2. The summed E-state index contributed by atoms with van der Waals surface area (Å²) in [5.41, 5.74) is 2.84. The van der Waals surface area contributed by atoms with E-state index in [9.17, 15) is 9.90 Å². The van der Waals surface area contributed by atoms with Gasteiger partial charge < -0.3 is 19.3 Å². The first-order valence-corrected chi connectivity index (χ1v) is 11.7. The second-order valence-corrected chi connectivity index (χ2v) is 8.14. The van der Waals surface area contributed by atoms with Crippen LogP contribution < -0.4 is 0 Å². The second-order valence-electron chi connectivity index (χ2n) is 8.14. The molecule has 2 atom stereocenters. The number of amides is 1. The van der Waals surface area contributed by atoms with Crippen molar-refractivity contribution in [2.24, 2.45) is 0 Å². The van der Waals surface area contributed by atoms with Crippen molar-refractivity contribution in [1.29, 1.82) is 0 Å². The number of nitrogens with zero attached hydrogens (tertiary/aromatic N) is 1. The predicted molar refractivity (Wildman–Crippen MR) is 135 cm³/mol. The largest absolute Gasteiger partial charge is 0.445 e. The van der Waals surface area contributed by atoms with E-state index in [-0.39, 0.29) is 26.6 Å². The van der Waals surface area contributed by atoms with Gasteiger partial charge in [-0.2, -0.15) is 0 Å². The van der Waals surface area contributed by atoms with Crippen LogP contribution >= 0.6 is 0 Å². The lowest BCUT2D eigenvalue weighted by Crippen LogP contribution is -2.49. The van der Waals surface area contributed by atoms with Gasteiger partial charge >= 0.3 is 6.09 Å². The van der Waals surface area contributed by atoms with Crippen LogP contribution in [-0.4, -0.2) is 41.6 Å². The highest BCUT2D eigenvalue weighted by atomic mass is 16.7. The molecule has 1 N–H and O–H groups in total. The number of ether oxygens (including phenoxy) is 3. The molecule has 0 heterocycles. The molecule has 6 nitrogen and oxygen atoms in total. The van der Waals surface area contributed by atoms with Gasteiger partial charge in [-0.05, 0) is 23.1 Å². The fraction of sp³-hybridized carbons (Fsp3) is 0.276. The summed E-state index contributed by atoms with van der Waals surface area (Å²) in [5, 5.41) is 10.9. The summed E-state index contributed by atoms with van der Waals surface area (Å²) >= 11 is 0. The Morgan fingerprint density at radius 1 is 0.829 bits per heavy atom. The predicted octanol–water partition coefficient (Wildman–Crippen LogP) is 5.32. The van der Waals surface area contributed by atoms with Crippen LogP contribution in [0.5, 0.6) is 0 Å². The Balaban J connectivity index is 1.67. The molecule has 0 aliphatic carbocycles. The molecule has 0 saturated carbocycles. The summed E-state index contributed by atoms with van der Waals surface area (Å²) in [7, 11) is 0. The molecule has 0 aliphatic heterocycles. The van der Waals surface area contributed by atoms with Gasteiger partial charge in [0.1, 0.15) is 13.4 Å². The number of rotatable bonds is 14. The molecule has 3 rings (SSSR count). The van der Waals surface area contributed by atoms with Crippen LogP contribution in [0.2, 0.25) is 0 Å². The van der Waals surface area contributed by atoms with Crippen molar-refractivity contribution < 1.29 is 24.1 Å². The first-order valence-electron chi connectivity index (χ1n) is 11.7. The summed E-state index contributed by atoms with van der Waals surface area (Å²) < 4.78 is 17.0. The number of hydrogen-bond acceptors (Lipinski definition) is 5. The monoisotopic (exact) mass is 475 g/mol. The van der Waals surface area contributed by atoms with E-state index in [1.165, 1.54) is 4.90 Å². The molecule has 0 spiro atoms. The minimum atomic E-state index is -0.880.